The van der Waals surface area contributed by atoms with Gasteiger partial charge < -0.3 is 4.74 Å². The molecule has 2 unspecified atom stereocenters. The first kappa shape index (κ1) is 14.9. The minimum atomic E-state index is 0.0600. The van der Waals surface area contributed by atoms with Crippen molar-refractivity contribution in [3.8, 4) is 0 Å². The minimum Gasteiger partial charge on any atom is -0.356 e. The molecule has 0 spiro atoms. The number of carbonyl (C=O) groups excluding carboxylic acids is 1. The largest absolute Gasteiger partial charge is 0.356 e. The standard InChI is InChI=1S/C19H24N2O2/c1-13-8-9-17-16(19(13)14-5-4-6-15(22)11-14)12-20-21(17)18-7-2-3-10-23-18/h8-9,12,14,18H,2-7,10-11H2,1H3. The number of aryl methyl sites for hydroxylation is 1. The molecule has 2 aliphatic rings. The van der Waals surface area contributed by atoms with E-state index in [1.165, 1.54) is 22.9 Å². The van der Waals surface area contributed by atoms with Crippen LogP contribution in [0.4, 0.5) is 0 Å². The lowest BCUT2D eigenvalue weighted by atomic mass is 9.80. The number of rotatable bonds is 2. The molecule has 2 fully saturated rings. The molecular weight excluding hydrogens is 288 g/mol. The Hall–Kier alpha value is -1.68. The van der Waals surface area contributed by atoms with Gasteiger partial charge in [-0.2, -0.15) is 5.10 Å². The van der Waals surface area contributed by atoms with Gasteiger partial charge in [0.15, 0.2) is 6.23 Å². The molecule has 23 heavy (non-hydrogen) atoms. The first-order chi connectivity index (χ1) is 11.2. The van der Waals surface area contributed by atoms with Crippen LogP contribution in [0.15, 0.2) is 18.3 Å². The van der Waals surface area contributed by atoms with E-state index in [9.17, 15) is 4.79 Å². The molecule has 1 aliphatic carbocycles. The SMILES string of the molecule is Cc1ccc2c(cnn2C2CCCCO2)c1C1CCCC(=O)C1. The van der Waals surface area contributed by atoms with Crippen LogP contribution in [0.3, 0.4) is 0 Å². The molecule has 1 aliphatic heterocycles. The van der Waals surface area contributed by atoms with Crippen molar-refractivity contribution in [3.05, 3.63) is 29.5 Å². The third kappa shape index (κ3) is 2.69. The van der Waals surface area contributed by atoms with Crippen molar-refractivity contribution in [2.45, 2.75) is 64.0 Å². The summed E-state index contributed by atoms with van der Waals surface area (Å²) in [5.41, 5.74) is 3.76. The Labute approximate surface area is 136 Å². The van der Waals surface area contributed by atoms with E-state index in [-0.39, 0.29) is 6.23 Å². The van der Waals surface area contributed by atoms with E-state index in [2.05, 4.69) is 24.2 Å². The summed E-state index contributed by atoms with van der Waals surface area (Å²) in [5, 5.41) is 5.85. The van der Waals surface area contributed by atoms with Crippen LogP contribution in [0.2, 0.25) is 0 Å². The third-order valence-corrected chi connectivity index (χ3v) is 5.36. The van der Waals surface area contributed by atoms with Crippen LogP contribution in [0.25, 0.3) is 10.9 Å². The van der Waals surface area contributed by atoms with Gasteiger partial charge in [0.25, 0.3) is 0 Å². The Morgan fingerprint density at radius 2 is 2.13 bits per heavy atom. The molecule has 122 valence electrons. The maximum absolute atomic E-state index is 11.9. The van der Waals surface area contributed by atoms with E-state index >= 15 is 0 Å². The highest BCUT2D eigenvalue weighted by Gasteiger charge is 2.26. The van der Waals surface area contributed by atoms with Gasteiger partial charge in [-0.05, 0) is 62.1 Å². The molecule has 1 aromatic heterocycles. The summed E-state index contributed by atoms with van der Waals surface area (Å²) < 4.78 is 7.95. The highest BCUT2D eigenvalue weighted by Crippen LogP contribution is 2.38. The van der Waals surface area contributed by atoms with Gasteiger partial charge in [-0.3, -0.25) is 4.79 Å². The molecule has 0 amide bonds. The van der Waals surface area contributed by atoms with Gasteiger partial charge in [0.05, 0.1) is 11.7 Å². The summed E-state index contributed by atoms with van der Waals surface area (Å²) in [4.78, 5) is 11.9. The lowest BCUT2D eigenvalue weighted by Crippen LogP contribution is -2.19. The van der Waals surface area contributed by atoms with Crippen molar-refractivity contribution < 1.29 is 9.53 Å². The molecule has 0 N–H and O–H groups in total. The Bertz CT molecular complexity index is 728. The van der Waals surface area contributed by atoms with E-state index in [1.807, 2.05) is 10.9 Å². The summed E-state index contributed by atoms with van der Waals surface area (Å²) in [6.45, 7) is 2.98. The summed E-state index contributed by atoms with van der Waals surface area (Å²) in [5.74, 6) is 0.755. The van der Waals surface area contributed by atoms with Crippen molar-refractivity contribution in [2.24, 2.45) is 0 Å². The summed E-state index contributed by atoms with van der Waals surface area (Å²) in [7, 11) is 0. The number of Topliss-reactive ketones (excluding diaryl/α,β-unsaturated/α-hetero) is 1. The fourth-order valence-electron chi connectivity index (χ4n) is 4.21. The highest BCUT2D eigenvalue weighted by atomic mass is 16.5. The number of aromatic nitrogens is 2. The van der Waals surface area contributed by atoms with Crippen LogP contribution in [0, 0.1) is 6.92 Å². The maximum atomic E-state index is 11.9. The van der Waals surface area contributed by atoms with Gasteiger partial charge in [0.2, 0.25) is 0 Å². The number of ether oxygens (including phenoxy) is 1. The summed E-state index contributed by atoms with van der Waals surface area (Å²) in [6, 6.07) is 4.33. The van der Waals surface area contributed by atoms with E-state index in [0.717, 1.165) is 44.2 Å². The molecule has 4 heteroatoms. The second-order valence-corrected chi connectivity index (χ2v) is 6.97. The molecule has 1 saturated carbocycles. The molecule has 0 radical (unpaired) electrons. The molecule has 1 saturated heterocycles. The van der Waals surface area contributed by atoms with Crippen LogP contribution >= 0.6 is 0 Å². The summed E-state index contributed by atoms with van der Waals surface area (Å²) in [6.07, 6.45) is 8.97. The zero-order valence-electron chi connectivity index (χ0n) is 13.8. The average molecular weight is 312 g/mol. The lowest BCUT2D eigenvalue weighted by molar-refractivity contribution is -0.120. The number of hydrogen-bond donors (Lipinski definition) is 0. The lowest BCUT2D eigenvalue weighted by Gasteiger charge is -2.25. The normalized spacial score (nSPS) is 25.9. The zero-order chi connectivity index (χ0) is 15.8. The van der Waals surface area contributed by atoms with Crippen molar-refractivity contribution >= 4 is 16.7 Å². The molecule has 2 atom stereocenters. The Balaban J connectivity index is 1.77. The van der Waals surface area contributed by atoms with Gasteiger partial charge in [-0.1, -0.05) is 6.07 Å². The Morgan fingerprint density at radius 1 is 1.22 bits per heavy atom. The fraction of sp³-hybridized carbons (Fsp3) is 0.579. The van der Waals surface area contributed by atoms with Crippen molar-refractivity contribution in [3.63, 3.8) is 0 Å². The van der Waals surface area contributed by atoms with Gasteiger partial charge in [-0.15, -0.1) is 0 Å². The molecule has 0 bridgehead atoms. The first-order valence-electron chi connectivity index (χ1n) is 8.84. The zero-order valence-corrected chi connectivity index (χ0v) is 13.8. The number of carbonyl (C=O) groups is 1. The third-order valence-electron chi connectivity index (χ3n) is 5.36. The van der Waals surface area contributed by atoms with Gasteiger partial charge in [-0.25, -0.2) is 4.68 Å². The number of hydrogen-bond acceptors (Lipinski definition) is 3. The molecule has 4 rings (SSSR count). The number of nitrogens with zero attached hydrogens (tertiary/aromatic N) is 2. The van der Waals surface area contributed by atoms with Crippen LogP contribution in [0.1, 0.15) is 68.2 Å². The van der Waals surface area contributed by atoms with Crippen LogP contribution in [-0.2, 0) is 9.53 Å². The van der Waals surface area contributed by atoms with E-state index < -0.39 is 0 Å². The summed E-state index contributed by atoms with van der Waals surface area (Å²) >= 11 is 0. The van der Waals surface area contributed by atoms with Crippen molar-refractivity contribution in [1.82, 2.24) is 9.78 Å². The monoisotopic (exact) mass is 312 g/mol. The molecular formula is C19H24N2O2. The van der Waals surface area contributed by atoms with Crippen molar-refractivity contribution in [1.29, 1.82) is 0 Å². The van der Waals surface area contributed by atoms with Gasteiger partial charge in [0.1, 0.15) is 5.78 Å². The van der Waals surface area contributed by atoms with Gasteiger partial charge in [0, 0.05) is 24.8 Å². The number of ketones is 1. The molecule has 4 nitrogen and oxygen atoms in total. The average Bonchev–Trinajstić information content (AvgIpc) is 2.99. The van der Waals surface area contributed by atoms with Crippen molar-refractivity contribution in [2.75, 3.05) is 6.61 Å². The topological polar surface area (TPSA) is 44.1 Å². The molecule has 2 aromatic rings. The predicted octanol–water partition coefficient (Wildman–Crippen LogP) is 4.27. The number of fused-ring (bicyclic) bond motifs is 1. The fourth-order valence-corrected chi connectivity index (χ4v) is 4.21. The molecule has 2 heterocycles. The smallest absolute Gasteiger partial charge is 0.150 e. The minimum absolute atomic E-state index is 0.0600. The van der Waals surface area contributed by atoms with Crippen LogP contribution in [0.5, 0.6) is 0 Å². The van der Waals surface area contributed by atoms with Gasteiger partial charge >= 0.3 is 0 Å². The second-order valence-electron chi connectivity index (χ2n) is 6.97. The second kappa shape index (κ2) is 6.08. The Kier molecular flexibility index (Phi) is 3.93. The Morgan fingerprint density at radius 3 is 2.91 bits per heavy atom. The maximum Gasteiger partial charge on any atom is 0.150 e. The molecule has 1 aromatic carbocycles. The van der Waals surface area contributed by atoms with E-state index in [4.69, 9.17) is 4.74 Å². The van der Waals surface area contributed by atoms with Crippen LogP contribution in [-0.4, -0.2) is 22.2 Å². The quantitative estimate of drug-likeness (QED) is 0.831. The highest BCUT2D eigenvalue weighted by molar-refractivity contribution is 5.86. The van der Waals surface area contributed by atoms with E-state index in [0.29, 0.717) is 18.1 Å². The van der Waals surface area contributed by atoms with E-state index in [1.54, 1.807) is 0 Å². The van der Waals surface area contributed by atoms with Crippen LogP contribution < -0.4 is 0 Å². The predicted molar refractivity (Wildman–Crippen MR) is 89.5 cm³/mol. The number of benzene rings is 1. The first-order valence-corrected chi connectivity index (χ1v) is 8.84.